The van der Waals surface area contributed by atoms with E-state index in [2.05, 4.69) is 0 Å². The summed E-state index contributed by atoms with van der Waals surface area (Å²) >= 11 is 0. The number of carbonyl (C=O) groups is 1. The molecule has 4 heteroatoms. The van der Waals surface area contributed by atoms with Gasteiger partial charge in [0, 0.05) is 18.7 Å². The molecule has 0 atom stereocenters. The highest BCUT2D eigenvalue weighted by atomic mass is 19.1. The maximum Gasteiger partial charge on any atom is 0.254 e. The number of halogens is 1. The highest BCUT2D eigenvalue weighted by molar-refractivity contribution is 5.94. The van der Waals surface area contributed by atoms with E-state index < -0.39 is 5.82 Å². The van der Waals surface area contributed by atoms with Gasteiger partial charge in [0.25, 0.3) is 5.91 Å². The van der Waals surface area contributed by atoms with E-state index in [1.165, 1.54) is 23.1 Å². The smallest absolute Gasteiger partial charge is 0.254 e. The lowest BCUT2D eigenvalue weighted by Crippen LogP contribution is -2.33. The van der Waals surface area contributed by atoms with E-state index in [4.69, 9.17) is 5.11 Å². The molecule has 0 aliphatic rings. The fourth-order valence-electron chi connectivity index (χ4n) is 1.33. The van der Waals surface area contributed by atoms with Gasteiger partial charge in [-0.1, -0.05) is 6.07 Å². The first kappa shape index (κ1) is 11.7. The number of hydrogen-bond donors (Lipinski definition) is 1. The van der Waals surface area contributed by atoms with E-state index in [0.29, 0.717) is 12.1 Å². The fourth-order valence-corrected chi connectivity index (χ4v) is 1.33. The zero-order chi connectivity index (χ0) is 11.3. The first-order chi connectivity index (χ1) is 7.19. The van der Waals surface area contributed by atoms with Crippen molar-refractivity contribution in [1.82, 2.24) is 4.90 Å². The molecule has 1 N–H and O–H groups in total. The first-order valence-corrected chi connectivity index (χ1v) is 4.84. The Morgan fingerprint density at radius 3 is 2.80 bits per heavy atom. The van der Waals surface area contributed by atoms with Crippen molar-refractivity contribution in [3.8, 4) is 0 Å². The Bertz CT molecular complexity index is 341. The molecule has 0 fully saturated rings. The van der Waals surface area contributed by atoms with Crippen molar-refractivity contribution in [1.29, 1.82) is 0 Å². The number of carbonyl (C=O) groups excluding carboxylic acids is 1. The number of amides is 1. The van der Waals surface area contributed by atoms with Gasteiger partial charge >= 0.3 is 0 Å². The number of aliphatic hydroxyl groups is 1. The molecule has 0 unspecified atom stereocenters. The Labute approximate surface area is 88.1 Å². The summed E-state index contributed by atoms with van der Waals surface area (Å²) in [5.41, 5.74) is 0.310. The van der Waals surface area contributed by atoms with Gasteiger partial charge in [-0.15, -0.1) is 0 Å². The zero-order valence-corrected chi connectivity index (χ0v) is 8.61. The van der Waals surface area contributed by atoms with Crippen LogP contribution < -0.4 is 0 Å². The molecule has 1 rings (SSSR count). The minimum absolute atomic E-state index is 0.0884. The lowest BCUT2D eigenvalue weighted by atomic mass is 10.2. The van der Waals surface area contributed by atoms with Crippen molar-refractivity contribution in [2.45, 2.75) is 6.92 Å². The van der Waals surface area contributed by atoms with Crippen LogP contribution in [0.25, 0.3) is 0 Å². The molecule has 0 aliphatic carbocycles. The van der Waals surface area contributed by atoms with Gasteiger partial charge in [-0.3, -0.25) is 4.79 Å². The second kappa shape index (κ2) is 5.46. The summed E-state index contributed by atoms with van der Waals surface area (Å²) < 4.78 is 12.9. The average Bonchev–Trinajstić information content (AvgIpc) is 2.25. The fraction of sp³-hybridized carbons (Fsp3) is 0.364. The van der Waals surface area contributed by atoms with E-state index in [1.807, 2.05) is 6.92 Å². The molecule has 0 radical (unpaired) electrons. The van der Waals surface area contributed by atoms with Crippen molar-refractivity contribution in [3.63, 3.8) is 0 Å². The molecule has 0 saturated heterocycles. The van der Waals surface area contributed by atoms with Crippen molar-refractivity contribution in [2.75, 3.05) is 19.7 Å². The minimum atomic E-state index is -0.430. The number of likely N-dealkylation sites (N-methyl/N-ethyl adjacent to an activating group) is 1. The predicted molar refractivity (Wildman–Crippen MR) is 55.1 cm³/mol. The zero-order valence-electron chi connectivity index (χ0n) is 8.61. The number of aliphatic hydroxyl groups excluding tert-OH is 1. The van der Waals surface area contributed by atoms with Crippen molar-refractivity contribution >= 4 is 5.91 Å². The molecule has 0 spiro atoms. The van der Waals surface area contributed by atoms with Gasteiger partial charge in [-0.25, -0.2) is 4.39 Å². The first-order valence-electron chi connectivity index (χ1n) is 4.84. The third kappa shape index (κ3) is 3.02. The topological polar surface area (TPSA) is 40.5 Å². The molecule has 1 amide bonds. The number of hydrogen-bond acceptors (Lipinski definition) is 2. The van der Waals surface area contributed by atoms with Crippen LogP contribution in [0.5, 0.6) is 0 Å². The summed E-state index contributed by atoms with van der Waals surface area (Å²) in [4.78, 5) is 13.2. The van der Waals surface area contributed by atoms with Gasteiger partial charge in [-0.2, -0.15) is 0 Å². The maximum atomic E-state index is 12.9. The van der Waals surface area contributed by atoms with Gasteiger partial charge in [0.15, 0.2) is 0 Å². The predicted octanol–water partition coefficient (Wildman–Crippen LogP) is 1.28. The maximum absolute atomic E-state index is 12.9. The second-order valence-corrected chi connectivity index (χ2v) is 3.12. The van der Waals surface area contributed by atoms with Gasteiger partial charge < -0.3 is 10.0 Å². The van der Waals surface area contributed by atoms with Crippen LogP contribution in [0.1, 0.15) is 17.3 Å². The Hall–Kier alpha value is -1.42. The molecule has 0 aromatic heterocycles. The van der Waals surface area contributed by atoms with E-state index >= 15 is 0 Å². The summed E-state index contributed by atoms with van der Waals surface area (Å²) in [5.74, 6) is -0.688. The Morgan fingerprint density at radius 2 is 2.27 bits per heavy atom. The number of rotatable bonds is 4. The largest absolute Gasteiger partial charge is 0.395 e. The number of benzene rings is 1. The van der Waals surface area contributed by atoms with Gasteiger partial charge in [0.1, 0.15) is 5.82 Å². The van der Waals surface area contributed by atoms with E-state index in [0.717, 1.165) is 0 Å². The third-order valence-electron chi connectivity index (χ3n) is 2.11. The van der Waals surface area contributed by atoms with Crippen molar-refractivity contribution in [3.05, 3.63) is 35.6 Å². The molecule has 1 aromatic carbocycles. The molecule has 0 bridgehead atoms. The van der Waals surface area contributed by atoms with Crippen LogP contribution in [-0.2, 0) is 0 Å². The van der Waals surface area contributed by atoms with Gasteiger partial charge in [0.05, 0.1) is 6.61 Å². The van der Waals surface area contributed by atoms with Crippen LogP contribution in [0.4, 0.5) is 4.39 Å². The summed E-state index contributed by atoms with van der Waals surface area (Å²) in [6, 6.07) is 5.54. The molecule has 82 valence electrons. The molecular weight excluding hydrogens is 197 g/mol. The highest BCUT2D eigenvalue weighted by Crippen LogP contribution is 2.07. The minimum Gasteiger partial charge on any atom is -0.395 e. The normalized spacial score (nSPS) is 10.1. The SMILES string of the molecule is CCN(CCO)C(=O)c1cccc(F)c1. The lowest BCUT2D eigenvalue weighted by molar-refractivity contribution is 0.0731. The van der Waals surface area contributed by atoms with Crippen LogP contribution in [0.2, 0.25) is 0 Å². The quantitative estimate of drug-likeness (QED) is 0.815. The summed E-state index contributed by atoms with van der Waals surface area (Å²) in [7, 11) is 0. The van der Waals surface area contributed by atoms with Crippen LogP contribution in [0, 0.1) is 5.82 Å². The standard InChI is InChI=1S/C11H14FNO2/c1-2-13(6-7-14)11(15)9-4-3-5-10(12)8-9/h3-5,8,14H,2,6-7H2,1H3. The molecule has 3 nitrogen and oxygen atoms in total. The summed E-state index contributed by atoms with van der Waals surface area (Å²) in [5, 5.41) is 8.75. The van der Waals surface area contributed by atoms with Crippen LogP contribution in [-0.4, -0.2) is 35.6 Å². The Morgan fingerprint density at radius 1 is 1.53 bits per heavy atom. The summed E-state index contributed by atoms with van der Waals surface area (Å²) in [6.45, 7) is 2.49. The molecular formula is C11H14FNO2. The van der Waals surface area contributed by atoms with E-state index in [9.17, 15) is 9.18 Å². The van der Waals surface area contributed by atoms with Crippen LogP contribution >= 0.6 is 0 Å². The lowest BCUT2D eigenvalue weighted by Gasteiger charge is -2.19. The molecule has 0 saturated carbocycles. The van der Waals surface area contributed by atoms with Crippen molar-refractivity contribution < 1.29 is 14.3 Å². The third-order valence-corrected chi connectivity index (χ3v) is 2.11. The molecule has 1 aromatic rings. The second-order valence-electron chi connectivity index (χ2n) is 3.12. The Kier molecular flexibility index (Phi) is 4.24. The van der Waals surface area contributed by atoms with Gasteiger partial charge in [0.2, 0.25) is 0 Å². The van der Waals surface area contributed by atoms with Crippen LogP contribution in [0.15, 0.2) is 24.3 Å². The van der Waals surface area contributed by atoms with E-state index in [1.54, 1.807) is 6.07 Å². The molecule has 0 heterocycles. The monoisotopic (exact) mass is 211 g/mol. The average molecular weight is 211 g/mol. The van der Waals surface area contributed by atoms with Gasteiger partial charge in [-0.05, 0) is 25.1 Å². The number of nitrogens with zero attached hydrogens (tertiary/aromatic N) is 1. The molecule has 15 heavy (non-hydrogen) atoms. The molecule has 0 aliphatic heterocycles. The van der Waals surface area contributed by atoms with Crippen molar-refractivity contribution in [2.24, 2.45) is 0 Å². The Balaban J connectivity index is 2.82. The van der Waals surface area contributed by atoms with Crippen LogP contribution in [0.3, 0.4) is 0 Å². The summed E-state index contributed by atoms with van der Waals surface area (Å²) in [6.07, 6.45) is 0. The van der Waals surface area contributed by atoms with E-state index in [-0.39, 0.29) is 19.1 Å². The highest BCUT2D eigenvalue weighted by Gasteiger charge is 2.13.